The molecule has 7 nitrogen and oxygen atoms in total. The largest absolute Gasteiger partial charge is 0.444 e. The van der Waals surface area contributed by atoms with Crippen LogP contribution in [-0.2, 0) is 10.0 Å². The van der Waals surface area contributed by atoms with Crippen LogP contribution in [0.25, 0.3) is 0 Å². The van der Waals surface area contributed by atoms with Gasteiger partial charge in [-0.15, -0.1) is 0 Å². The van der Waals surface area contributed by atoms with Crippen molar-refractivity contribution >= 4 is 21.4 Å². The van der Waals surface area contributed by atoms with Crippen molar-refractivity contribution in [3.05, 3.63) is 36.0 Å². The summed E-state index contributed by atoms with van der Waals surface area (Å²) in [5, 5.41) is 8.17. The number of oxazole rings is 1. The number of aryl methyl sites for hydroxylation is 1. The zero-order valence-electron chi connectivity index (χ0n) is 11.1. The van der Waals surface area contributed by atoms with E-state index in [9.17, 15) is 8.42 Å². The SMILES string of the molecule is Cc1cnc(C(C)Nc2cc(N)cc(S(N)(=O)=O)c2)o1. The molecule has 0 radical (unpaired) electrons. The van der Waals surface area contributed by atoms with Gasteiger partial charge in [0.25, 0.3) is 0 Å². The van der Waals surface area contributed by atoms with Crippen LogP contribution >= 0.6 is 0 Å². The van der Waals surface area contributed by atoms with E-state index in [1.54, 1.807) is 19.2 Å². The molecule has 2 aromatic rings. The van der Waals surface area contributed by atoms with Gasteiger partial charge >= 0.3 is 0 Å². The maximum atomic E-state index is 11.4. The molecule has 0 saturated carbocycles. The Balaban J connectivity index is 2.28. The summed E-state index contributed by atoms with van der Waals surface area (Å²) in [6, 6.07) is 4.10. The highest BCUT2D eigenvalue weighted by atomic mass is 32.2. The predicted molar refractivity (Wildman–Crippen MR) is 75.5 cm³/mol. The second kappa shape index (κ2) is 5.14. The Morgan fingerprint density at radius 3 is 2.60 bits per heavy atom. The Bertz CT molecular complexity index is 724. The number of hydrogen-bond acceptors (Lipinski definition) is 6. The molecule has 2 rings (SSSR count). The van der Waals surface area contributed by atoms with E-state index in [0.29, 0.717) is 23.0 Å². The first-order valence-corrected chi connectivity index (χ1v) is 7.42. The Morgan fingerprint density at radius 1 is 1.35 bits per heavy atom. The third kappa shape index (κ3) is 3.28. The smallest absolute Gasteiger partial charge is 0.238 e. The van der Waals surface area contributed by atoms with Gasteiger partial charge in [-0.3, -0.25) is 0 Å². The minimum absolute atomic E-state index is 0.0456. The van der Waals surface area contributed by atoms with E-state index < -0.39 is 10.0 Å². The molecule has 1 unspecified atom stereocenters. The van der Waals surface area contributed by atoms with Crippen molar-refractivity contribution in [3.63, 3.8) is 0 Å². The van der Waals surface area contributed by atoms with Crippen LogP contribution in [0.2, 0.25) is 0 Å². The van der Waals surface area contributed by atoms with Crippen molar-refractivity contribution in [1.82, 2.24) is 4.98 Å². The second-order valence-corrected chi connectivity index (χ2v) is 6.07. The van der Waals surface area contributed by atoms with Crippen molar-refractivity contribution in [1.29, 1.82) is 0 Å². The Kier molecular flexibility index (Phi) is 3.69. The Morgan fingerprint density at radius 2 is 2.05 bits per heavy atom. The standard InChI is InChI=1S/C12H16N4O3S/c1-7-6-15-12(19-7)8(2)16-10-3-9(13)4-11(5-10)20(14,17)18/h3-6,8,16H,13H2,1-2H3,(H2,14,17,18). The quantitative estimate of drug-likeness (QED) is 0.732. The van der Waals surface area contributed by atoms with Crippen LogP contribution in [0.1, 0.15) is 24.6 Å². The third-order valence-electron chi connectivity index (χ3n) is 2.65. The molecule has 0 amide bonds. The topological polar surface area (TPSA) is 124 Å². The van der Waals surface area contributed by atoms with Gasteiger partial charge in [0.05, 0.1) is 11.1 Å². The fourth-order valence-corrected chi connectivity index (χ4v) is 2.35. The molecule has 1 atom stereocenters. The fraction of sp³-hybridized carbons (Fsp3) is 0.250. The maximum absolute atomic E-state index is 11.4. The number of benzene rings is 1. The molecule has 1 aromatic carbocycles. The van der Waals surface area contributed by atoms with Gasteiger partial charge in [-0.05, 0) is 32.0 Å². The van der Waals surface area contributed by atoms with Gasteiger partial charge in [0.1, 0.15) is 11.8 Å². The summed E-state index contributed by atoms with van der Waals surface area (Å²) < 4.78 is 28.1. The van der Waals surface area contributed by atoms with Gasteiger partial charge in [0.15, 0.2) is 0 Å². The molecule has 0 spiro atoms. The summed E-state index contributed by atoms with van der Waals surface area (Å²) in [4.78, 5) is 4.06. The summed E-state index contributed by atoms with van der Waals surface area (Å²) in [6.45, 7) is 3.63. The molecule has 0 aliphatic rings. The van der Waals surface area contributed by atoms with Gasteiger partial charge in [0.2, 0.25) is 15.9 Å². The van der Waals surface area contributed by atoms with Crippen LogP contribution in [0.3, 0.4) is 0 Å². The third-order valence-corrected chi connectivity index (χ3v) is 3.54. The highest BCUT2D eigenvalue weighted by Gasteiger charge is 2.14. The number of nitrogen functional groups attached to an aromatic ring is 1. The van der Waals surface area contributed by atoms with E-state index in [0.717, 1.165) is 0 Å². The molecule has 20 heavy (non-hydrogen) atoms. The lowest BCUT2D eigenvalue weighted by atomic mass is 10.2. The molecule has 1 aromatic heterocycles. The van der Waals surface area contributed by atoms with Crippen molar-refractivity contribution in [2.24, 2.45) is 5.14 Å². The average Bonchev–Trinajstić information content (AvgIpc) is 2.74. The van der Waals surface area contributed by atoms with E-state index in [1.165, 1.54) is 12.1 Å². The van der Waals surface area contributed by atoms with Crippen molar-refractivity contribution in [3.8, 4) is 0 Å². The zero-order valence-corrected chi connectivity index (χ0v) is 11.9. The molecule has 0 fully saturated rings. The normalized spacial score (nSPS) is 13.2. The van der Waals surface area contributed by atoms with Crippen LogP contribution in [0.4, 0.5) is 11.4 Å². The Hall–Kier alpha value is -2.06. The zero-order chi connectivity index (χ0) is 14.9. The number of sulfonamides is 1. The minimum Gasteiger partial charge on any atom is -0.444 e. The van der Waals surface area contributed by atoms with Gasteiger partial charge < -0.3 is 15.5 Å². The number of nitrogens with zero attached hydrogens (tertiary/aromatic N) is 1. The van der Waals surface area contributed by atoms with Crippen molar-refractivity contribution in [2.75, 3.05) is 11.1 Å². The first-order chi connectivity index (χ1) is 9.25. The minimum atomic E-state index is -3.80. The highest BCUT2D eigenvalue weighted by Crippen LogP contribution is 2.24. The second-order valence-electron chi connectivity index (χ2n) is 4.51. The average molecular weight is 296 g/mol. The maximum Gasteiger partial charge on any atom is 0.238 e. The van der Waals surface area contributed by atoms with E-state index in [1.807, 2.05) is 6.92 Å². The highest BCUT2D eigenvalue weighted by molar-refractivity contribution is 7.89. The number of primary sulfonamides is 1. The summed E-state index contributed by atoms with van der Waals surface area (Å²) in [5.41, 5.74) is 6.50. The number of rotatable bonds is 4. The van der Waals surface area contributed by atoms with E-state index in [-0.39, 0.29) is 10.9 Å². The van der Waals surface area contributed by atoms with Crippen molar-refractivity contribution in [2.45, 2.75) is 24.8 Å². The lowest BCUT2D eigenvalue weighted by molar-refractivity contribution is 0.453. The number of aromatic nitrogens is 1. The Labute approximate surface area is 117 Å². The number of anilines is 2. The van der Waals surface area contributed by atoms with Crippen molar-refractivity contribution < 1.29 is 12.8 Å². The summed E-state index contributed by atoms with van der Waals surface area (Å²) in [6.07, 6.45) is 1.61. The van der Waals surface area contributed by atoms with E-state index in [2.05, 4.69) is 10.3 Å². The molecule has 5 N–H and O–H groups in total. The van der Waals surface area contributed by atoms with Crippen LogP contribution in [0.15, 0.2) is 33.7 Å². The molecular formula is C12H16N4O3S. The van der Waals surface area contributed by atoms with Gasteiger partial charge in [-0.2, -0.15) is 0 Å². The first-order valence-electron chi connectivity index (χ1n) is 5.88. The van der Waals surface area contributed by atoms with Crippen LogP contribution < -0.4 is 16.2 Å². The van der Waals surface area contributed by atoms with Crippen LogP contribution in [0.5, 0.6) is 0 Å². The number of hydrogen-bond donors (Lipinski definition) is 3. The van der Waals surface area contributed by atoms with E-state index >= 15 is 0 Å². The molecule has 0 bridgehead atoms. The fourth-order valence-electron chi connectivity index (χ4n) is 1.75. The molecule has 8 heteroatoms. The summed E-state index contributed by atoms with van der Waals surface area (Å²) >= 11 is 0. The number of nitrogens with two attached hydrogens (primary N) is 2. The first kappa shape index (κ1) is 14.4. The number of nitrogens with one attached hydrogen (secondary N) is 1. The molecule has 108 valence electrons. The monoisotopic (exact) mass is 296 g/mol. The molecule has 0 aliphatic carbocycles. The summed E-state index contributed by atoms with van der Waals surface area (Å²) in [7, 11) is -3.80. The van der Waals surface area contributed by atoms with E-state index in [4.69, 9.17) is 15.3 Å². The molecule has 1 heterocycles. The van der Waals surface area contributed by atoms with Crippen LogP contribution in [-0.4, -0.2) is 13.4 Å². The van der Waals surface area contributed by atoms with Gasteiger partial charge in [0, 0.05) is 11.4 Å². The van der Waals surface area contributed by atoms with Crippen LogP contribution in [0, 0.1) is 6.92 Å². The molecule has 0 aliphatic heterocycles. The lowest BCUT2D eigenvalue weighted by Gasteiger charge is -2.13. The van der Waals surface area contributed by atoms with Gasteiger partial charge in [-0.25, -0.2) is 18.5 Å². The molecule has 0 saturated heterocycles. The molecular weight excluding hydrogens is 280 g/mol. The lowest BCUT2D eigenvalue weighted by Crippen LogP contribution is -2.14. The van der Waals surface area contributed by atoms with Gasteiger partial charge in [-0.1, -0.05) is 0 Å². The summed E-state index contributed by atoms with van der Waals surface area (Å²) in [5.74, 6) is 1.20. The predicted octanol–water partition coefficient (Wildman–Crippen LogP) is 1.39.